The molecule has 1 N–H and O–H groups in total. The summed E-state index contributed by atoms with van der Waals surface area (Å²) in [5, 5.41) is 5.44. The highest BCUT2D eigenvalue weighted by Crippen LogP contribution is 2.24. The third-order valence-electron chi connectivity index (χ3n) is 3.85. The fraction of sp³-hybridized carbons (Fsp3) is 0.158. The maximum atomic E-state index is 12.6. The van der Waals surface area contributed by atoms with Gasteiger partial charge in [0, 0.05) is 24.5 Å². The van der Waals surface area contributed by atoms with Crippen molar-refractivity contribution in [2.45, 2.75) is 11.5 Å². The van der Waals surface area contributed by atoms with E-state index in [4.69, 9.17) is 16.3 Å². The number of halogens is 1. The quantitative estimate of drug-likeness (QED) is 0.588. The molecule has 0 saturated carbocycles. The summed E-state index contributed by atoms with van der Waals surface area (Å²) in [6.45, 7) is 0.200. The van der Waals surface area contributed by atoms with Crippen LogP contribution in [0.5, 0.6) is 5.75 Å². The fourth-order valence-corrected chi connectivity index (χ4v) is 4.19. The Hall–Kier alpha value is -2.46. The summed E-state index contributed by atoms with van der Waals surface area (Å²) in [6, 6.07) is 13.1. The van der Waals surface area contributed by atoms with Crippen LogP contribution in [0.3, 0.4) is 0 Å². The lowest BCUT2D eigenvalue weighted by Crippen LogP contribution is -2.24. The topological polar surface area (TPSA) is 88.6 Å². The lowest BCUT2D eigenvalue weighted by Gasteiger charge is -2.15. The number of sulfonamides is 1. The van der Waals surface area contributed by atoms with Crippen LogP contribution in [0.2, 0.25) is 5.02 Å². The summed E-state index contributed by atoms with van der Waals surface area (Å²) in [6.07, 6.45) is 0. The first-order chi connectivity index (χ1) is 13.8. The van der Waals surface area contributed by atoms with Crippen molar-refractivity contribution in [1.82, 2.24) is 9.29 Å². The molecule has 3 aromatic rings. The first-order valence-corrected chi connectivity index (χ1v) is 11.1. The van der Waals surface area contributed by atoms with Crippen LogP contribution in [0, 0.1) is 0 Å². The van der Waals surface area contributed by atoms with Crippen LogP contribution in [0.1, 0.15) is 15.5 Å². The smallest absolute Gasteiger partial charge is 0.275 e. The monoisotopic (exact) mass is 451 g/mol. The van der Waals surface area contributed by atoms with E-state index >= 15 is 0 Å². The lowest BCUT2D eigenvalue weighted by molar-refractivity contribution is 0.102. The first-order valence-electron chi connectivity index (χ1n) is 8.43. The number of nitrogens with zero attached hydrogens (tertiary/aromatic N) is 2. The van der Waals surface area contributed by atoms with Crippen molar-refractivity contribution in [2.75, 3.05) is 19.4 Å². The highest BCUT2D eigenvalue weighted by Gasteiger charge is 2.22. The number of nitrogens with one attached hydrogen (secondary N) is 1. The van der Waals surface area contributed by atoms with Crippen molar-refractivity contribution in [3.8, 4) is 5.75 Å². The number of thiazole rings is 1. The number of para-hydroxylation sites is 1. The molecule has 3 rings (SSSR count). The Morgan fingerprint density at radius 3 is 2.55 bits per heavy atom. The van der Waals surface area contributed by atoms with E-state index in [1.54, 1.807) is 41.8 Å². The standard InChI is InChI=1S/C19H18ClN3O4S2/c1-23(2)29(25,26)17-6-4-3-5-15(17)22-19(24)16-12-28-18(21-16)11-27-14-9-7-13(20)8-10-14/h3-10,12H,11H2,1-2H3,(H,22,24). The summed E-state index contributed by atoms with van der Waals surface area (Å²) >= 11 is 7.12. The van der Waals surface area contributed by atoms with E-state index < -0.39 is 15.9 Å². The number of carbonyl (C=O) groups excluding carboxylic acids is 1. The molecule has 0 unspecified atom stereocenters. The number of amides is 1. The molecule has 2 aromatic carbocycles. The Labute approximate surface area is 178 Å². The third kappa shape index (κ3) is 5.13. The van der Waals surface area contributed by atoms with Crippen LogP contribution in [-0.4, -0.2) is 37.7 Å². The van der Waals surface area contributed by atoms with Gasteiger partial charge in [0.15, 0.2) is 0 Å². The molecule has 0 aliphatic rings. The van der Waals surface area contributed by atoms with Crippen LogP contribution >= 0.6 is 22.9 Å². The van der Waals surface area contributed by atoms with Gasteiger partial charge in [-0.1, -0.05) is 23.7 Å². The van der Waals surface area contributed by atoms with Gasteiger partial charge in [-0.05, 0) is 36.4 Å². The maximum absolute atomic E-state index is 12.6. The number of anilines is 1. The van der Waals surface area contributed by atoms with Crippen LogP contribution in [0.4, 0.5) is 5.69 Å². The zero-order valence-electron chi connectivity index (χ0n) is 15.6. The van der Waals surface area contributed by atoms with Gasteiger partial charge in [0.2, 0.25) is 10.0 Å². The molecule has 10 heteroatoms. The van der Waals surface area contributed by atoms with Gasteiger partial charge < -0.3 is 10.1 Å². The van der Waals surface area contributed by atoms with E-state index in [1.807, 2.05) is 0 Å². The molecule has 7 nitrogen and oxygen atoms in total. The second-order valence-electron chi connectivity index (χ2n) is 6.11. The summed E-state index contributed by atoms with van der Waals surface area (Å²) in [4.78, 5) is 16.8. The molecule has 1 aromatic heterocycles. The number of hydrogen-bond acceptors (Lipinski definition) is 6. The minimum absolute atomic E-state index is 0.0138. The number of benzene rings is 2. The molecule has 29 heavy (non-hydrogen) atoms. The third-order valence-corrected chi connectivity index (χ3v) is 6.80. The summed E-state index contributed by atoms with van der Waals surface area (Å²) in [5.41, 5.74) is 0.375. The van der Waals surface area contributed by atoms with Gasteiger partial charge in [-0.15, -0.1) is 11.3 Å². The molecule has 0 bridgehead atoms. The van der Waals surface area contributed by atoms with Gasteiger partial charge in [-0.2, -0.15) is 0 Å². The van der Waals surface area contributed by atoms with Gasteiger partial charge in [0.25, 0.3) is 5.91 Å². The molecular formula is C19H18ClN3O4S2. The molecule has 0 atom stereocenters. The maximum Gasteiger partial charge on any atom is 0.275 e. The number of aromatic nitrogens is 1. The molecule has 0 radical (unpaired) electrons. The first kappa shape index (κ1) is 21.3. The van der Waals surface area contributed by atoms with Crippen molar-refractivity contribution < 1.29 is 17.9 Å². The van der Waals surface area contributed by atoms with Gasteiger partial charge in [0.05, 0.1) is 5.69 Å². The minimum Gasteiger partial charge on any atom is -0.486 e. The van der Waals surface area contributed by atoms with Crippen molar-refractivity contribution in [3.63, 3.8) is 0 Å². The molecule has 0 aliphatic heterocycles. The van der Waals surface area contributed by atoms with Crippen LogP contribution < -0.4 is 10.1 Å². The number of hydrogen-bond donors (Lipinski definition) is 1. The Morgan fingerprint density at radius 2 is 1.86 bits per heavy atom. The molecule has 0 spiro atoms. The van der Waals surface area contributed by atoms with Crippen molar-refractivity contribution in [2.24, 2.45) is 0 Å². The molecule has 1 heterocycles. The molecular weight excluding hydrogens is 434 g/mol. The number of carbonyl (C=O) groups is 1. The molecule has 0 saturated heterocycles. The van der Waals surface area contributed by atoms with E-state index in [0.29, 0.717) is 15.8 Å². The molecule has 1 amide bonds. The van der Waals surface area contributed by atoms with E-state index in [-0.39, 0.29) is 22.9 Å². The predicted octanol–water partition coefficient (Wildman–Crippen LogP) is 3.88. The SMILES string of the molecule is CN(C)S(=O)(=O)c1ccccc1NC(=O)c1csc(COc2ccc(Cl)cc2)n1. The Kier molecular flexibility index (Phi) is 6.53. The molecule has 0 aliphatic carbocycles. The molecule has 152 valence electrons. The average molecular weight is 452 g/mol. The van der Waals surface area contributed by atoms with Gasteiger partial charge in [0.1, 0.15) is 28.0 Å². The number of rotatable bonds is 7. The van der Waals surface area contributed by atoms with Crippen LogP contribution in [0.25, 0.3) is 0 Å². The number of ether oxygens (including phenoxy) is 1. The molecule has 0 fully saturated rings. The normalized spacial score (nSPS) is 11.4. The van der Waals surface area contributed by atoms with Crippen molar-refractivity contribution >= 4 is 44.6 Å². The minimum atomic E-state index is -3.70. The average Bonchev–Trinajstić information content (AvgIpc) is 3.17. The highest BCUT2D eigenvalue weighted by atomic mass is 35.5. The van der Waals surface area contributed by atoms with E-state index in [2.05, 4.69) is 10.3 Å². The predicted molar refractivity (Wildman–Crippen MR) is 113 cm³/mol. The second kappa shape index (κ2) is 8.91. The van der Waals surface area contributed by atoms with Crippen LogP contribution in [0.15, 0.2) is 58.8 Å². The second-order valence-corrected chi connectivity index (χ2v) is 9.61. The van der Waals surface area contributed by atoms with E-state index in [1.165, 1.54) is 37.6 Å². The lowest BCUT2D eigenvalue weighted by atomic mass is 10.3. The van der Waals surface area contributed by atoms with E-state index in [0.717, 1.165) is 4.31 Å². The van der Waals surface area contributed by atoms with Gasteiger partial charge in [-0.3, -0.25) is 4.79 Å². The van der Waals surface area contributed by atoms with Crippen LogP contribution in [-0.2, 0) is 16.6 Å². The zero-order valence-corrected chi connectivity index (χ0v) is 18.0. The fourth-order valence-electron chi connectivity index (χ4n) is 2.34. The highest BCUT2D eigenvalue weighted by molar-refractivity contribution is 7.89. The summed E-state index contributed by atoms with van der Waals surface area (Å²) in [7, 11) is -0.837. The van der Waals surface area contributed by atoms with Gasteiger partial charge in [-0.25, -0.2) is 17.7 Å². The van der Waals surface area contributed by atoms with E-state index in [9.17, 15) is 13.2 Å². The van der Waals surface area contributed by atoms with Crippen molar-refractivity contribution in [3.05, 3.63) is 69.6 Å². The Morgan fingerprint density at radius 1 is 1.17 bits per heavy atom. The summed E-state index contributed by atoms with van der Waals surface area (Å²) < 4.78 is 31.6. The van der Waals surface area contributed by atoms with Crippen molar-refractivity contribution in [1.29, 1.82) is 0 Å². The largest absolute Gasteiger partial charge is 0.486 e. The Bertz CT molecular complexity index is 1110. The van der Waals surface area contributed by atoms with Gasteiger partial charge >= 0.3 is 0 Å². The Balaban J connectivity index is 1.71. The summed E-state index contributed by atoms with van der Waals surface area (Å²) in [5.74, 6) is 0.138. The zero-order chi connectivity index (χ0) is 21.0.